The zero-order chi connectivity index (χ0) is 47.6. The highest BCUT2D eigenvalue weighted by Crippen LogP contribution is 2.23. The highest BCUT2D eigenvalue weighted by molar-refractivity contribution is 5.80. The first-order valence-electron chi connectivity index (χ1n) is 27.2. The van der Waals surface area contributed by atoms with Crippen LogP contribution < -0.4 is 5.32 Å². The summed E-state index contributed by atoms with van der Waals surface area (Å²) in [4.78, 5) is 13.1. The summed E-state index contributed by atoms with van der Waals surface area (Å²) in [5.41, 5.74) is 0. The lowest BCUT2D eigenvalue weighted by Crippen LogP contribution is -2.60. The largest absolute Gasteiger partial charge is 0.394 e. The minimum atomic E-state index is -1.67. The molecule has 0 spiro atoms. The van der Waals surface area contributed by atoms with Crippen molar-refractivity contribution in [3.63, 3.8) is 0 Å². The van der Waals surface area contributed by atoms with Gasteiger partial charge in [-0.2, -0.15) is 0 Å². The van der Waals surface area contributed by atoms with Gasteiger partial charge < -0.3 is 50.5 Å². The van der Waals surface area contributed by atoms with Crippen LogP contribution in [0, 0.1) is 0 Å². The summed E-state index contributed by atoms with van der Waals surface area (Å²) in [6.07, 6.45) is 39.6. The SMILES string of the molecule is CCCCCCCCC/C=C/CCCC(O)C(O)C(COC1OC(CO)C(O)C(O)C1O)NC(=O)C(O)CCCCCCCCCCCC/C=C\CCCCCCCCCCCCCC. The molecule has 0 saturated carbocycles. The van der Waals surface area contributed by atoms with Crippen LogP contribution >= 0.6 is 0 Å². The van der Waals surface area contributed by atoms with Gasteiger partial charge in [-0.05, 0) is 64.2 Å². The predicted octanol–water partition coefficient (Wildman–Crippen LogP) is 10.6. The van der Waals surface area contributed by atoms with Crippen LogP contribution in [-0.2, 0) is 14.3 Å². The van der Waals surface area contributed by atoms with Gasteiger partial charge in [-0.15, -0.1) is 0 Å². The number of hydrogen-bond donors (Lipinski definition) is 8. The number of rotatable bonds is 46. The average Bonchev–Trinajstić information content (AvgIpc) is 3.31. The van der Waals surface area contributed by atoms with Crippen LogP contribution in [0.4, 0.5) is 0 Å². The van der Waals surface area contributed by atoms with Gasteiger partial charge in [0.15, 0.2) is 6.29 Å². The van der Waals surface area contributed by atoms with Gasteiger partial charge in [0.1, 0.15) is 36.6 Å². The van der Waals surface area contributed by atoms with Crippen molar-refractivity contribution in [1.29, 1.82) is 0 Å². The van der Waals surface area contributed by atoms with Crippen molar-refractivity contribution < 1.29 is 50.0 Å². The second-order valence-electron chi connectivity index (χ2n) is 19.3. The lowest BCUT2D eigenvalue weighted by Gasteiger charge is -2.40. The van der Waals surface area contributed by atoms with Crippen molar-refractivity contribution in [3.05, 3.63) is 24.3 Å². The molecule has 9 atom stereocenters. The number of allylic oxidation sites excluding steroid dienone is 4. The van der Waals surface area contributed by atoms with Gasteiger partial charge in [0.05, 0.1) is 25.4 Å². The van der Waals surface area contributed by atoms with Crippen LogP contribution in [0.5, 0.6) is 0 Å². The van der Waals surface area contributed by atoms with Gasteiger partial charge in [0.25, 0.3) is 0 Å². The van der Waals surface area contributed by atoms with Crippen molar-refractivity contribution >= 4 is 5.91 Å². The Morgan fingerprint density at radius 1 is 0.523 bits per heavy atom. The third kappa shape index (κ3) is 32.9. The Balaban J connectivity index is 2.29. The van der Waals surface area contributed by atoms with Crippen molar-refractivity contribution in [2.24, 2.45) is 0 Å². The summed E-state index contributed by atoms with van der Waals surface area (Å²) in [5.74, 6) is -0.706. The Labute approximate surface area is 397 Å². The number of ether oxygens (including phenoxy) is 2. The number of amides is 1. The van der Waals surface area contributed by atoms with E-state index in [-0.39, 0.29) is 12.8 Å². The molecule has 0 radical (unpaired) electrons. The molecule has 11 nitrogen and oxygen atoms in total. The third-order valence-electron chi connectivity index (χ3n) is 13.2. The van der Waals surface area contributed by atoms with E-state index >= 15 is 0 Å². The summed E-state index contributed by atoms with van der Waals surface area (Å²) < 4.78 is 11.1. The molecule has 384 valence electrons. The van der Waals surface area contributed by atoms with Gasteiger partial charge in [-0.25, -0.2) is 0 Å². The second kappa shape index (κ2) is 43.8. The molecule has 1 aliphatic rings. The van der Waals surface area contributed by atoms with E-state index in [1.54, 1.807) is 0 Å². The fraction of sp³-hybridized carbons (Fsp3) is 0.907. The Hall–Kier alpha value is -1.41. The summed E-state index contributed by atoms with van der Waals surface area (Å²) >= 11 is 0. The van der Waals surface area contributed by atoms with Crippen molar-refractivity contribution in [2.45, 2.75) is 300 Å². The van der Waals surface area contributed by atoms with Crippen LogP contribution in [0.3, 0.4) is 0 Å². The standard InChI is InChI=1S/C54H103NO10/c1-3-5-7-9-11-13-15-17-18-19-20-21-22-23-24-25-26-27-28-29-30-32-34-36-38-40-42-47(58)53(63)55-45(44-64-54-52(62)51(61)50(60)48(43-56)65-54)49(59)46(57)41-39-37-35-33-31-16-14-12-10-8-6-4-2/h23-24,33,35,45-52,54,56-62H,3-22,25-32,34,36-44H2,1-2H3,(H,55,63)/b24-23-,35-33+. The highest BCUT2D eigenvalue weighted by atomic mass is 16.7. The van der Waals surface area contributed by atoms with E-state index in [0.717, 1.165) is 38.5 Å². The van der Waals surface area contributed by atoms with E-state index in [9.17, 15) is 40.5 Å². The molecule has 1 rings (SSSR count). The number of unbranched alkanes of at least 4 members (excludes halogenated alkanes) is 30. The van der Waals surface area contributed by atoms with Crippen LogP contribution in [0.1, 0.15) is 245 Å². The van der Waals surface area contributed by atoms with E-state index in [4.69, 9.17) is 9.47 Å². The van der Waals surface area contributed by atoms with Crippen LogP contribution in [-0.4, -0.2) is 110 Å². The molecule has 0 bridgehead atoms. The summed E-state index contributed by atoms with van der Waals surface area (Å²) in [6, 6.07) is -1.18. The normalized spacial score (nSPS) is 21.0. The first-order chi connectivity index (χ1) is 31.7. The molecule has 65 heavy (non-hydrogen) atoms. The minimum absolute atomic E-state index is 0.254. The maximum Gasteiger partial charge on any atom is 0.249 e. The number of nitrogens with one attached hydrogen (secondary N) is 1. The van der Waals surface area contributed by atoms with E-state index in [1.807, 2.05) is 0 Å². The van der Waals surface area contributed by atoms with E-state index < -0.39 is 74.2 Å². The van der Waals surface area contributed by atoms with Crippen LogP contribution in [0.15, 0.2) is 24.3 Å². The Morgan fingerprint density at radius 2 is 0.908 bits per heavy atom. The summed E-state index contributed by atoms with van der Waals surface area (Å²) in [7, 11) is 0. The second-order valence-corrected chi connectivity index (χ2v) is 19.3. The smallest absolute Gasteiger partial charge is 0.249 e. The lowest BCUT2D eigenvalue weighted by atomic mass is 9.98. The monoisotopic (exact) mass is 926 g/mol. The molecular weight excluding hydrogens is 823 g/mol. The molecule has 0 aromatic heterocycles. The minimum Gasteiger partial charge on any atom is -0.394 e. The molecule has 1 saturated heterocycles. The zero-order valence-corrected chi connectivity index (χ0v) is 41.7. The molecule has 9 unspecified atom stereocenters. The molecule has 0 aliphatic carbocycles. The van der Waals surface area contributed by atoms with Gasteiger partial charge in [0, 0.05) is 0 Å². The average molecular weight is 926 g/mol. The molecule has 1 heterocycles. The molecule has 11 heteroatoms. The molecule has 1 aliphatic heterocycles. The molecule has 0 aromatic carbocycles. The van der Waals surface area contributed by atoms with Crippen molar-refractivity contribution in [1.82, 2.24) is 5.32 Å². The van der Waals surface area contributed by atoms with Gasteiger partial charge >= 0.3 is 0 Å². The summed E-state index contributed by atoms with van der Waals surface area (Å²) in [5, 5.41) is 75.8. The number of hydrogen-bond acceptors (Lipinski definition) is 10. The maximum absolute atomic E-state index is 13.1. The Kier molecular flexibility index (Phi) is 41.6. The number of carbonyl (C=O) groups excluding carboxylic acids is 1. The quantitative estimate of drug-likeness (QED) is 0.0216. The number of aliphatic hydroxyl groups excluding tert-OH is 7. The first kappa shape index (κ1) is 61.6. The molecule has 8 N–H and O–H groups in total. The van der Waals surface area contributed by atoms with E-state index in [2.05, 4.69) is 43.5 Å². The van der Waals surface area contributed by atoms with Crippen LogP contribution in [0.2, 0.25) is 0 Å². The predicted molar refractivity (Wildman–Crippen MR) is 266 cm³/mol. The van der Waals surface area contributed by atoms with Gasteiger partial charge in [-0.1, -0.05) is 205 Å². The zero-order valence-electron chi connectivity index (χ0n) is 41.7. The number of carbonyl (C=O) groups is 1. The van der Waals surface area contributed by atoms with Gasteiger partial charge in [-0.3, -0.25) is 4.79 Å². The van der Waals surface area contributed by atoms with Crippen molar-refractivity contribution in [3.8, 4) is 0 Å². The molecule has 0 aromatic rings. The Morgan fingerprint density at radius 3 is 1.32 bits per heavy atom. The first-order valence-corrected chi connectivity index (χ1v) is 27.2. The Bertz CT molecular complexity index is 1110. The molecule has 1 amide bonds. The molecule has 1 fully saturated rings. The van der Waals surface area contributed by atoms with E-state index in [0.29, 0.717) is 12.8 Å². The van der Waals surface area contributed by atoms with Gasteiger partial charge in [0.2, 0.25) is 5.91 Å². The van der Waals surface area contributed by atoms with E-state index in [1.165, 1.54) is 167 Å². The van der Waals surface area contributed by atoms with Crippen LogP contribution in [0.25, 0.3) is 0 Å². The van der Waals surface area contributed by atoms with Crippen molar-refractivity contribution in [2.75, 3.05) is 13.2 Å². The molecular formula is C54H103NO10. The highest BCUT2D eigenvalue weighted by Gasteiger charge is 2.44. The topological polar surface area (TPSA) is 189 Å². The fourth-order valence-electron chi connectivity index (χ4n) is 8.73. The third-order valence-corrected chi connectivity index (χ3v) is 13.2. The maximum atomic E-state index is 13.1. The lowest BCUT2D eigenvalue weighted by molar-refractivity contribution is -0.303. The summed E-state index contributed by atoms with van der Waals surface area (Å²) in [6.45, 7) is 3.43. The fourth-order valence-corrected chi connectivity index (χ4v) is 8.73. The number of aliphatic hydroxyl groups is 7.